The Kier molecular flexibility index (Phi) is 5.31. The van der Waals surface area contributed by atoms with Crippen LogP contribution in [-0.4, -0.2) is 0 Å². The van der Waals surface area contributed by atoms with E-state index in [9.17, 15) is 0 Å². The summed E-state index contributed by atoms with van der Waals surface area (Å²) in [6.07, 6.45) is 7.07. The maximum atomic E-state index is 2.38. The van der Waals surface area contributed by atoms with E-state index in [4.69, 9.17) is 0 Å². The SMILES string of the molecule is C/C=C(/C)c1ccc(CCC)c(CCC)c1. The summed E-state index contributed by atoms with van der Waals surface area (Å²) in [5, 5.41) is 0. The zero-order chi connectivity index (χ0) is 12.0. The van der Waals surface area contributed by atoms with Crippen LogP contribution in [0, 0.1) is 0 Å². The number of allylic oxidation sites excluding steroid dienone is 2. The maximum absolute atomic E-state index is 2.38. The van der Waals surface area contributed by atoms with Crippen LogP contribution >= 0.6 is 0 Å². The van der Waals surface area contributed by atoms with Crippen LogP contribution in [0.15, 0.2) is 24.3 Å². The molecule has 0 saturated heterocycles. The van der Waals surface area contributed by atoms with Crippen LogP contribution in [0.5, 0.6) is 0 Å². The lowest BCUT2D eigenvalue weighted by molar-refractivity contribution is 0.860. The molecule has 0 unspecified atom stereocenters. The standard InChI is InChI=1S/C16H24/c1-5-8-14-10-11-15(13(4)7-3)12-16(14)9-6-2/h7,10-12H,5-6,8-9H2,1-4H3/b13-7-. The summed E-state index contributed by atoms with van der Waals surface area (Å²) < 4.78 is 0. The molecule has 0 atom stereocenters. The Bertz CT molecular complexity index is 358. The molecule has 0 aliphatic heterocycles. The Morgan fingerprint density at radius 3 is 2.25 bits per heavy atom. The Labute approximate surface area is 100 Å². The first-order valence-corrected chi connectivity index (χ1v) is 6.48. The van der Waals surface area contributed by atoms with Crippen molar-refractivity contribution in [1.29, 1.82) is 0 Å². The third-order valence-electron chi connectivity index (χ3n) is 3.13. The number of aryl methyl sites for hydroxylation is 2. The molecule has 0 fully saturated rings. The van der Waals surface area contributed by atoms with Crippen LogP contribution in [0.25, 0.3) is 5.57 Å². The Balaban J connectivity index is 3.06. The molecule has 0 aromatic heterocycles. The Morgan fingerprint density at radius 2 is 1.69 bits per heavy atom. The number of benzene rings is 1. The van der Waals surface area contributed by atoms with E-state index in [-0.39, 0.29) is 0 Å². The Hall–Kier alpha value is -1.04. The molecule has 0 radical (unpaired) electrons. The summed E-state index contributed by atoms with van der Waals surface area (Å²) >= 11 is 0. The molecule has 88 valence electrons. The van der Waals surface area contributed by atoms with E-state index < -0.39 is 0 Å². The van der Waals surface area contributed by atoms with E-state index in [1.165, 1.54) is 42.4 Å². The first kappa shape index (κ1) is 13.0. The highest BCUT2D eigenvalue weighted by Crippen LogP contribution is 2.20. The van der Waals surface area contributed by atoms with Crippen molar-refractivity contribution in [3.05, 3.63) is 41.0 Å². The van der Waals surface area contributed by atoms with E-state index in [1.54, 1.807) is 5.56 Å². The second-order valence-electron chi connectivity index (χ2n) is 4.46. The molecule has 16 heavy (non-hydrogen) atoms. The molecule has 0 saturated carbocycles. The average molecular weight is 216 g/mol. The highest BCUT2D eigenvalue weighted by atomic mass is 14.1. The van der Waals surface area contributed by atoms with Gasteiger partial charge in [0, 0.05) is 0 Å². The summed E-state index contributed by atoms with van der Waals surface area (Å²) in [5.41, 5.74) is 5.84. The number of hydrogen-bond acceptors (Lipinski definition) is 0. The van der Waals surface area contributed by atoms with E-state index in [1.807, 2.05) is 0 Å². The van der Waals surface area contributed by atoms with Crippen LogP contribution < -0.4 is 0 Å². The summed E-state index contributed by atoms with van der Waals surface area (Å²) in [6.45, 7) is 8.80. The molecular weight excluding hydrogens is 192 g/mol. The molecule has 0 bridgehead atoms. The minimum atomic E-state index is 1.21. The van der Waals surface area contributed by atoms with Gasteiger partial charge in [-0.3, -0.25) is 0 Å². The molecule has 0 aliphatic rings. The fraction of sp³-hybridized carbons (Fsp3) is 0.500. The topological polar surface area (TPSA) is 0 Å². The molecule has 0 N–H and O–H groups in total. The predicted octanol–water partition coefficient (Wildman–Crippen LogP) is 5.01. The van der Waals surface area contributed by atoms with E-state index in [0.29, 0.717) is 0 Å². The van der Waals surface area contributed by atoms with Crippen molar-refractivity contribution >= 4 is 5.57 Å². The van der Waals surface area contributed by atoms with Crippen molar-refractivity contribution < 1.29 is 0 Å². The fourth-order valence-electron chi connectivity index (χ4n) is 2.05. The van der Waals surface area contributed by atoms with Crippen LogP contribution in [-0.2, 0) is 12.8 Å². The van der Waals surface area contributed by atoms with Crippen LogP contribution in [0.3, 0.4) is 0 Å². The van der Waals surface area contributed by atoms with Gasteiger partial charge in [-0.2, -0.15) is 0 Å². The van der Waals surface area contributed by atoms with Gasteiger partial charge in [-0.05, 0) is 49.0 Å². The van der Waals surface area contributed by atoms with Crippen LogP contribution in [0.1, 0.15) is 57.2 Å². The molecule has 0 nitrogen and oxygen atoms in total. The molecule has 1 aromatic rings. The van der Waals surface area contributed by atoms with Gasteiger partial charge in [-0.15, -0.1) is 0 Å². The van der Waals surface area contributed by atoms with Crippen molar-refractivity contribution in [1.82, 2.24) is 0 Å². The second kappa shape index (κ2) is 6.52. The molecule has 0 aliphatic carbocycles. The minimum absolute atomic E-state index is 1.21. The maximum Gasteiger partial charge on any atom is -0.0228 e. The van der Waals surface area contributed by atoms with E-state index >= 15 is 0 Å². The van der Waals surface area contributed by atoms with Crippen molar-refractivity contribution in [2.24, 2.45) is 0 Å². The van der Waals surface area contributed by atoms with Crippen LogP contribution in [0.4, 0.5) is 0 Å². The molecule has 0 amide bonds. The summed E-state index contributed by atoms with van der Waals surface area (Å²) in [4.78, 5) is 0. The lowest BCUT2D eigenvalue weighted by atomic mass is 9.95. The largest absolute Gasteiger partial charge is 0.0841 e. The summed E-state index contributed by atoms with van der Waals surface area (Å²) in [7, 11) is 0. The highest BCUT2D eigenvalue weighted by molar-refractivity contribution is 5.64. The van der Waals surface area contributed by atoms with Gasteiger partial charge < -0.3 is 0 Å². The van der Waals surface area contributed by atoms with E-state index in [2.05, 4.69) is 52.0 Å². The lowest BCUT2D eigenvalue weighted by Crippen LogP contribution is -1.95. The average Bonchev–Trinajstić information content (AvgIpc) is 2.31. The molecule has 0 heterocycles. The van der Waals surface area contributed by atoms with Crippen molar-refractivity contribution in [3.63, 3.8) is 0 Å². The second-order valence-corrected chi connectivity index (χ2v) is 4.46. The highest BCUT2D eigenvalue weighted by Gasteiger charge is 2.03. The normalized spacial score (nSPS) is 11.9. The van der Waals surface area contributed by atoms with Gasteiger partial charge in [0.1, 0.15) is 0 Å². The monoisotopic (exact) mass is 216 g/mol. The van der Waals surface area contributed by atoms with E-state index in [0.717, 1.165) is 0 Å². The quantitative estimate of drug-likeness (QED) is 0.648. The molecule has 0 heteroatoms. The lowest BCUT2D eigenvalue weighted by Gasteiger charge is -2.11. The number of hydrogen-bond donors (Lipinski definition) is 0. The third-order valence-corrected chi connectivity index (χ3v) is 3.13. The van der Waals surface area contributed by atoms with Crippen LogP contribution in [0.2, 0.25) is 0 Å². The zero-order valence-corrected chi connectivity index (χ0v) is 11.1. The third kappa shape index (κ3) is 3.23. The molecule has 1 aromatic carbocycles. The van der Waals surface area contributed by atoms with Crippen molar-refractivity contribution in [3.8, 4) is 0 Å². The predicted molar refractivity (Wildman–Crippen MR) is 73.8 cm³/mol. The first-order chi connectivity index (χ1) is 7.72. The summed E-state index contributed by atoms with van der Waals surface area (Å²) in [6, 6.07) is 6.96. The smallest absolute Gasteiger partial charge is 0.0228 e. The van der Waals surface area contributed by atoms with Gasteiger partial charge in [0.25, 0.3) is 0 Å². The van der Waals surface area contributed by atoms with Gasteiger partial charge in [0.05, 0.1) is 0 Å². The fourth-order valence-corrected chi connectivity index (χ4v) is 2.05. The van der Waals surface area contributed by atoms with Gasteiger partial charge in [-0.25, -0.2) is 0 Å². The Morgan fingerprint density at radius 1 is 1.06 bits per heavy atom. The zero-order valence-electron chi connectivity index (χ0n) is 11.1. The van der Waals surface area contributed by atoms with Crippen molar-refractivity contribution in [2.75, 3.05) is 0 Å². The summed E-state index contributed by atoms with van der Waals surface area (Å²) in [5.74, 6) is 0. The van der Waals surface area contributed by atoms with Gasteiger partial charge >= 0.3 is 0 Å². The number of rotatable bonds is 5. The van der Waals surface area contributed by atoms with Gasteiger partial charge in [0.2, 0.25) is 0 Å². The minimum Gasteiger partial charge on any atom is -0.0841 e. The van der Waals surface area contributed by atoms with Gasteiger partial charge in [-0.1, -0.05) is 51.0 Å². The van der Waals surface area contributed by atoms with Crippen molar-refractivity contribution in [2.45, 2.75) is 53.4 Å². The molecular formula is C16H24. The molecule has 1 rings (SSSR count). The van der Waals surface area contributed by atoms with Gasteiger partial charge in [0.15, 0.2) is 0 Å². The first-order valence-electron chi connectivity index (χ1n) is 6.48. The molecule has 0 spiro atoms.